The Kier molecular flexibility index (Phi) is 9.35. The van der Waals surface area contributed by atoms with Gasteiger partial charge in [0.2, 0.25) is 0 Å². The summed E-state index contributed by atoms with van der Waals surface area (Å²) in [7, 11) is 5.07. The number of rotatable bonds is 6. The zero-order valence-electron chi connectivity index (χ0n) is 16.9. The minimum Gasteiger partial charge on any atom is -0.493 e. The Morgan fingerprint density at radius 3 is 2.62 bits per heavy atom. The van der Waals surface area contributed by atoms with Crippen molar-refractivity contribution in [2.75, 3.05) is 39.3 Å². The molecule has 3 rings (SSSR count). The van der Waals surface area contributed by atoms with E-state index in [1.807, 2.05) is 18.2 Å². The number of anilines is 1. The second kappa shape index (κ2) is 11.5. The highest BCUT2D eigenvalue weighted by Crippen LogP contribution is 2.36. The minimum atomic E-state index is 0. The molecule has 2 N–H and O–H groups in total. The monoisotopic (exact) mass is 574 g/mol. The van der Waals surface area contributed by atoms with E-state index >= 15 is 0 Å². The lowest BCUT2D eigenvalue weighted by molar-refractivity contribution is 0.352. The second-order valence-electron chi connectivity index (χ2n) is 6.65. The van der Waals surface area contributed by atoms with Gasteiger partial charge in [0.1, 0.15) is 0 Å². The van der Waals surface area contributed by atoms with E-state index in [4.69, 9.17) is 9.47 Å². The summed E-state index contributed by atoms with van der Waals surface area (Å²) in [5.74, 6) is 2.19. The lowest BCUT2D eigenvalue weighted by atomic mass is 10.2. The molecular weight excluding hydrogens is 547 g/mol. The van der Waals surface area contributed by atoms with Crippen LogP contribution in [0.25, 0.3) is 0 Å². The van der Waals surface area contributed by atoms with Gasteiger partial charge in [-0.3, -0.25) is 4.99 Å². The summed E-state index contributed by atoms with van der Waals surface area (Å²) < 4.78 is 11.7. The van der Waals surface area contributed by atoms with Gasteiger partial charge in [0.05, 0.1) is 18.7 Å². The summed E-state index contributed by atoms with van der Waals surface area (Å²) in [5.41, 5.74) is 2.34. The van der Waals surface area contributed by atoms with Gasteiger partial charge in [0, 0.05) is 38.4 Å². The zero-order valence-corrected chi connectivity index (χ0v) is 20.9. The van der Waals surface area contributed by atoms with Gasteiger partial charge in [-0.2, -0.15) is 0 Å². The van der Waals surface area contributed by atoms with Gasteiger partial charge < -0.3 is 25.0 Å². The fraction of sp³-hybridized carbons (Fsp3) is 0.381. The average Bonchev–Trinajstić information content (AvgIpc) is 3.19. The fourth-order valence-corrected chi connectivity index (χ4v) is 4.05. The number of methoxy groups -OCH3 is 2. The van der Waals surface area contributed by atoms with Crippen LogP contribution in [0.2, 0.25) is 0 Å². The molecule has 1 unspecified atom stereocenters. The van der Waals surface area contributed by atoms with Gasteiger partial charge in [-0.05, 0) is 52.2 Å². The number of ether oxygens (including phenoxy) is 2. The number of hydrogen-bond donors (Lipinski definition) is 2. The Morgan fingerprint density at radius 1 is 1.21 bits per heavy atom. The summed E-state index contributed by atoms with van der Waals surface area (Å²) in [4.78, 5) is 6.77. The first-order valence-corrected chi connectivity index (χ1v) is 10.1. The van der Waals surface area contributed by atoms with E-state index in [0.717, 1.165) is 35.5 Å². The molecule has 1 heterocycles. The zero-order chi connectivity index (χ0) is 19.9. The first kappa shape index (κ1) is 23.6. The van der Waals surface area contributed by atoms with Crippen molar-refractivity contribution >= 4 is 51.6 Å². The van der Waals surface area contributed by atoms with E-state index in [0.29, 0.717) is 24.1 Å². The van der Waals surface area contributed by atoms with Gasteiger partial charge in [-0.1, -0.05) is 18.2 Å². The molecule has 1 atom stereocenters. The molecule has 6 nitrogen and oxygen atoms in total. The summed E-state index contributed by atoms with van der Waals surface area (Å²) in [6.45, 7) is 2.64. The standard InChI is InChI=1S/C21H27BrN4O2.HI/c1-23-21(24-13-15-11-18(22)20(28-3)19(12-15)27-2)25-16-9-10-26(14-16)17-7-5-4-6-8-17;/h4-8,11-12,16H,9-10,13-14H2,1-3H3,(H2,23,24,25);1H. The van der Waals surface area contributed by atoms with Gasteiger partial charge in [0.25, 0.3) is 0 Å². The van der Waals surface area contributed by atoms with E-state index < -0.39 is 0 Å². The van der Waals surface area contributed by atoms with Crippen LogP contribution in [0.4, 0.5) is 5.69 Å². The molecule has 2 aromatic carbocycles. The summed E-state index contributed by atoms with van der Waals surface area (Å²) >= 11 is 3.54. The van der Waals surface area contributed by atoms with Crippen molar-refractivity contribution in [2.24, 2.45) is 4.99 Å². The quantitative estimate of drug-likeness (QED) is 0.310. The molecule has 1 aliphatic heterocycles. The Labute approximate surface area is 198 Å². The van der Waals surface area contributed by atoms with Crippen LogP contribution in [0.15, 0.2) is 51.9 Å². The van der Waals surface area contributed by atoms with E-state index in [-0.39, 0.29) is 24.0 Å². The molecule has 1 aliphatic rings. The van der Waals surface area contributed by atoms with Gasteiger partial charge in [-0.15, -0.1) is 24.0 Å². The topological polar surface area (TPSA) is 58.1 Å². The van der Waals surface area contributed by atoms with Crippen LogP contribution in [0.1, 0.15) is 12.0 Å². The van der Waals surface area contributed by atoms with Crippen molar-refractivity contribution < 1.29 is 9.47 Å². The Hall–Kier alpha value is -1.68. The molecule has 0 saturated carbocycles. The van der Waals surface area contributed by atoms with Crippen molar-refractivity contribution in [1.82, 2.24) is 10.6 Å². The number of halogens is 2. The highest BCUT2D eigenvalue weighted by Gasteiger charge is 2.23. The lowest BCUT2D eigenvalue weighted by Gasteiger charge is -2.20. The normalized spacial score (nSPS) is 16.2. The second-order valence-corrected chi connectivity index (χ2v) is 7.50. The number of guanidine groups is 1. The third-order valence-electron chi connectivity index (χ3n) is 4.83. The minimum absolute atomic E-state index is 0. The molecule has 0 bridgehead atoms. The summed E-state index contributed by atoms with van der Waals surface area (Å²) in [6.07, 6.45) is 1.08. The van der Waals surface area contributed by atoms with Crippen LogP contribution in [-0.2, 0) is 6.54 Å². The lowest BCUT2D eigenvalue weighted by Crippen LogP contribution is -2.44. The molecule has 0 spiro atoms. The highest BCUT2D eigenvalue weighted by atomic mass is 127. The highest BCUT2D eigenvalue weighted by molar-refractivity contribution is 14.0. The maximum absolute atomic E-state index is 5.42. The van der Waals surface area contributed by atoms with Crippen molar-refractivity contribution in [1.29, 1.82) is 0 Å². The number of nitrogens with zero attached hydrogens (tertiary/aromatic N) is 2. The van der Waals surface area contributed by atoms with Crippen LogP contribution in [0, 0.1) is 0 Å². The fourth-order valence-electron chi connectivity index (χ4n) is 3.40. The molecule has 2 aromatic rings. The van der Waals surface area contributed by atoms with Crippen LogP contribution >= 0.6 is 39.9 Å². The molecule has 0 aromatic heterocycles. The largest absolute Gasteiger partial charge is 0.493 e. The van der Waals surface area contributed by atoms with Crippen molar-refractivity contribution in [2.45, 2.75) is 19.0 Å². The molecule has 158 valence electrons. The summed E-state index contributed by atoms with van der Waals surface area (Å²) in [6, 6.07) is 14.9. The number of aliphatic imine (C=N–C) groups is 1. The molecule has 1 saturated heterocycles. The average molecular weight is 575 g/mol. The van der Waals surface area contributed by atoms with Crippen molar-refractivity contribution in [3.05, 3.63) is 52.5 Å². The molecule has 0 amide bonds. The van der Waals surface area contributed by atoms with Crippen LogP contribution in [0.5, 0.6) is 11.5 Å². The Balaban J connectivity index is 0.00000300. The third-order valence-corrected chi connectivity index (χ3v) is 5.42. The Morgan fingerprint density at radius 2 is 1.97 bits per heavy atom. The van der Waals surface area contributed by atoms with E-state index in [2.05, 4.69) is 60.7 Å². The molecular formula is C21H28BrIN4O2. The number of benzene rings is 2. The smallest absolute Gasteiger partial charge is 0.191 e. The third kappa shape index (κ3) is 6.15. The molecule has 1 fully saturated rings. The SMILES string of the molecule is CN=C(NCc1cc(Br)c(OC)c(OC)c1)NC1CCN(c2ccccc2)C1.I. The van der Waals surface area contributed by atoms with Gasteiger partial charge >= 0.3 is 0 Å². The van der Waals surface area contributed by atoms with Crippen LogP contribution in [-0.4, -0.2) is 46.4 Å². The van der Waals surface area contributed by atoms with E-state index in [9.17, 15) is 0 Å². The predicted octanol–water partition coefficient (Wildman–Crippen LogP) is 4.03. The Bertz CT molecular complexity index is 820. The van der Waals surface area contributed by atoms with Gasteiger partial charge in [-0.25, -0.2) is 0 Å². The predicted molar refractivity (Wildman–Crippen MR) is 133 cm³/mol. The number of nitrogens with one attached hydrogen (secondary N) is 2. The van der Waals surface area contributed by atoms with E-state index in [1.165, 1.54) is 5.69 Å². The molecule has 0 aliphatic carbocycles. The molecule has 8 heteroatoms. The maximum atomic E-state index is 5.42. The van der Waals surface area contributed by atoms with Crippen molar-refractivity contribution in [3.63, 3.8) is 0 Å². The summed E-state index contributed by atoms with van der Waals surface area (Å²) in [5, 5.41) is 6.92. The molecule has 0 radical (unpaired) electrons. The number of hydrogen-bond acceptors (Lipinski definition) is 4. The van der Waals surface area contributed by atoms with Crippen molar-refractivity contribution in [3.8, 4) is 11.5 Å². The number of para-hydroxylation sites is 1. The van der Waals surface area contributed by atoms with Crippen LogP contribution in [0.3, 0.4) is 0 Å². The maximum Gasteiger partial charge on any atom is 0.191 e. The molecule has 29 heavy (non-hydrogen) atoms. The van der Waals surface area contributed by atoms with E-state index in [1.54, 1.807) is 21.3 Å². The van der Waals surface area contributed by atoms with Gasteiger partial charge in [0.15, 0.2) is 17.5 Å². The first-order chi connectivity index (χ1) is 13.6. The van der Waals surface area contributed by atoms with Crippen LogP contribution < -0.4 is 25.0 Å². The first-order valence-electron chi connectivity index (χ1n) is 9.32.